The van der Waals surface area contributed by atoms with Gasteiger partial charge in [-0.25, -0.2) is 8.78 Å². The number of hydrogen-bond acceptors (Lipinski definition) is 4. The molecular formula is C22H28F2N2O2. The summed E-state index contributed by atoms with van der Waals surface area (Å²) in [6.45, 7) is 2.69. The third-order valence-electron chi connectivity index (χ3n) is 5.09. The maximum Gasteiger partial charge on any atom is 0.129 e. The van der Waals surface area contributed by atoms with Crippen molar-refractivity contribution in [2.24, 2.45) is 0 Å². The summed E-state index contributed by atoms with van der Waals surface area (Å²) >= 11 is 0. The smallest absolute Gasteiger partial charge is 0.129 e. The summed E-state index contributed by atoms with van der Waals surface area (Å²) in [5.74, 6) is -0.301. The molecule has 4 rings (SSSR count). The van der Waals surface area contributed by atoms with E-state index in [0.717, 1.165) is 35.1 Å². The van der Waals surface area contributed by atoms with Crippen molar-refractivity contribution >= 4 is 0 Å². The Balaban J connectivity index is 0.000000161. The maximum atomic E-state index is 13.5. The zero-order valence-electron chi connectivity index (χ0n) is 16.4. The van der Waals surface area contributed by atoms with E-state index in [4.69, 9.17) is 9.47 Å². The van der Waals surface area contributed by atoms with Crippen molar-refractivity contribution in [1.82, 2.24) is 10.6 Å². The molecule has 28 heavy (non-hydrogen) atoms. The molecule has 2 aliphatic rings. The Bertz CT molecular complexity index is 720. The van der Waals surface area contributed by atoms with E-state index in [1.54, 1.807) is 12.1 Å². The number of nitrogens with one attached hydrogen (secondary N) is 2. The average molecular weight is 390 g/mol. The molecule has 152 valence electrons. The van der Waals surface area contributed by atoms with Gasteiger partial charge >= 0.3 is 0 Å². The second-order valence-corrected chi connectivity index (χ2v) is 6.96. The lowest BCUT2D eigenvalue weighted by Gasteiger charge is -2.26. The van der Waals surface area contributed by atoms with Crippen LogP contribution in [0, 0.1) is 11.6 Å². The highest BCUT2D eigenvalue weighted by atomic mass is 19.1. The maximum absolute atomic E-state index is 13.5. The lowest BCUT2D eigenvalue weighted by atomic mass is 9.97. The van der Waals surface area contributed by atoms with Gasteiger partial charge in [0.1, 0.15) is 11.6 Å². The van der Waals surface area contributed by atoms with Crippen LogP contribution in [0.2, 0.25) is 0 Å². The fourth-order valence-corrected chi connectivity index (χ4v) is 3.80. The molecule has 0 radical (unpaired) electrons. The summed E-state index contributed by atoms with van der Waals surface area (Å²) in [5.41, 5.74) is 3.62. The van der Waals surface area contributed by atoms with Gasteiger partial charge in [-0.05, 0) is 50.2 Å². The second kappa shape index (κ2) is 10.1. The van der Waals surface area contributed by atoms with Gasteiger partial charge in [0.15, 0.2) is 0 Å². The number of hydrogen-bond donors (Lipinski definition) is 2. The first kappa shape index (κ1) is 20.9. The van der Waals surface area contributed by atoms with Crippen LogP contribution in [0.15, 0.2) is 36.4 Å². The Labute approximate surface area is 165 Å². The SMILES string of the molecule is CNC[C@@H]1OCCc2cccc(F)c21.CNC[C@H]1OCCc2cccc(F)c21. The van der Waals surface area contributed by atoms with Gasteiger partial charge in [0.2, 0.25) is 0 Å². The third kappa shape index (κ3) is 4.75. The van der Waals surface area contributed by atoms with Crippen molar-refractivity contribution in [3.63, 3.8) is 0 Å². The highest BCUT2D eigenvalue weighted by Gasteiger charge is 2.24. The zero-order chi connectivity index (χ0) is 19.9. The molecule has 4 nitrogen and oxygen atoms in total. The van der Waals surface area contributed by atoms with E-state index >= 15 is 0 Å². The molecule has 0 bridgehead atoms. The molecule has 2 atom stereocenters. The second-order valence-electron chi connectivity index (χ2n) is 6.96. The predicted octanol–water partition coefficient (Wildman–Crippen LogP) is 3.32. The van der Waals surface area contributed by atoms with Gasteiger partial charge in [-0.1, -0.05) is 24.3 Å². The summed E-state index contributed by atoms with van der Waals surface area (Å²) < 4.78 is 38.1. The van der Waals surface area contributed by atoms with Gasteiger partial charge in [-0.3, -0.25) is 0 Å². The van der Waals surface area contributed by atoms with Gasteiger partial charge < -0.3 is 20.1 Å². The van der Waals surface area contributed by atoms with Crippen LogP contribution in [0.3, 0.4) is 0 Å². The first-order valence-corrected chi connectivity index (χ1v) is 9.72. The van der Waals surface area contributed by atoms with Gasteiger partial charge in [-0.2, -0.15) is 0 Å². The van der Waals surface area contributed by atoms with E-state index in [1.165, 1.54) is 12.1 Å². The molecule has 0 spiro atoms. The standard InChI is InChI=1S/2C11H14FNO/c2*1-13-7-10-11-8(5-6-14-10)3-2-4-9(11)12/h2*2-4,10,13H,5-7H2,1H3/t2*10-/m10/s1. The van der Waals surface area contributed by atoms with Crippen LogP contribution in [-0.4, -0.2) is 40.4 Å². The molecule has 0 saturated carbocycles. The predicted molar refractivity (Wildman–Crippen MR) is 105 cm³/mol. The number of benzene rings is 2. The molecule has 2 aromatic rings. The molecular weight excluding hydrogens is 362 g/mol. The summed E-state index contributed by atoms with van der Waals surface area (Å²) in [7, 11) is 3.69. The molecule has 0 amide bonds. The van der Waals surface area contributed by atoms with Gasteiger partial charge in [0.05, 0.1) is 25.4 Å². The monoisotopic (exact) mass is 390 g/mol. The highest BCUT2D eigenvalue weighted by Crippen LogP contribution is 2.29. The Hall–Kier alpha value is -1.86. The first-order valence-electron chi connectivity index (χ1n) is 9.72. The van der Waals surface area contributed by atoms with Crippen LogP contribution in [0.25, 0.3) is 0 Å². The van der Waals surface area contributed by atoms with Crippen molar-refractivity contribution in [2.45, 2.75) is 25.0 Å². The number of ether oxygens (including phenoxy) is 2. The fourth-order valence-electron chi connectivity index (χ4n) is 3.80. The molecule has 6 heteroatoms. The normalized spacial score (nSPS) is 20.6. The van der Waals surface area contributed by atoms with Gasteiger partial charge in [-0.15, -0.1) is 0 Å². The highest BCUT2D eigenvalue weighted by molar-refractivity contribution is 5.33. The van der Waals surface area contributed by atoms with Crippen LogP contribution in [-0.2, 0) is 22.3 Å². The van der Waals surface area contributed by atoms with Gasteiger partial charge in [0, 0.05) is 24.2 Å². The Morgan fingerprint density at radius 3 is 1.61 bits per heavy atom. The molecule has 2 aromatic carbocycles. The van der Waals surface area contributed by atoms with Crippen LogP contribution in [0.5, 0.6) is 0 Å². The van der Waals surface area contributed by atoms with Crippen LogP contribution in [0.1, 0.15) is 34.5 Å². The van der Waals surface area contributed by atoms with E-state index in [0.29, 0.717) is 26.3 Å². The Morgan fingerprint density at radius 2 is 1.21 bits per heavy atom. The van der Waals surface area contributed by atoms with Crippen molar-refractivity contribution in [3.8, 4) is 0 Å². The minimum Gasteiger partial charge on any atom is -0.372 e. The van der Waals surface area contributed by atoms with E-state index in [2.05, 4.69) is 10.6 Å². The summed E-state index contributed by atoms with van der Waals surface area (Å²) in [6.07, 6.45) is 1.36. The average Bonchev–Trinajstić information content (AvgIpc) is 2.70. The zero-order valence-corrected chi connectivity index (χ0v) is 16.4. The van der Waals surface area contributed by atoms with Crippen molar-refractivity contribution < 1.29 is 18.3 Å². The van der Waals surface area contributed by atoms with E-state index in [1.807, 2.05) is 26.2 Å². The number of halogens is 2. The minimum absolute atomic E-state index is 0.134. The van der Waals surface area contributed by atoms with Crippen LogP contribution < -0.4 is 10.6 Å². The first-order chi connectivity index (χ1) is 13.7. The lowest BCUT2D eigenvalue weighted by Crippen LogP contribution is -2.26. The van der Waals surface area contributed by atoms with E-state index in [9.17, 15) is 8.78 Å². The topological polar surface area (TPSA) is 42.5 Å². The molecule has 0 aromatic heterocycles. The molecule has 0 saturated heterocycles. The van der Waals surface area contributed by atoms with E-state index < -0.39 is 0 Å². The molecule has 0 fully saturated rings. The summed E-state index contributed by atoms with van der Waals surface area (Å²) in [5, 5.41) is 6.03. The largest absolute Gasteiger partial charge is 0.372 e. The fraction of sp³-hybridized carbons (Fsp3) is 0.455. The van der Waals surface area contributed by atoms with E-state index in [-0.39, 0.29) is 23.8 Å². The number of rotatable bonds is 4. The van der Waals surface area contributed by atoms with Crippen molar-refractivity contribution in [1.29, 1.82) is 0 Å². The summed E-state index contributed by atoms with van der Waals surface area (Å²) in [6, 6.07) is 10.5. The third-order valence-corrected chi connectivity index (χ3v) is 5.09. The quantitative estimate of drug-likeness (QED) is 0.841. The van der Waals surface area contributed by atoms with Gasteiger partial charge in [0.25, 0.3) is 0 Å². The number of likely N-dealkylation sites (N-methyl/N-ethyl adjacent to an activating group) is 2. The lowest BCUT2D eigenvalue weighted by molar-refractivity contribution is 0.0409. The Morgan fingerprint density at radius 1 is 0.786 bits per heavy atom. The van der Waals surface area contributed by atoms with Crippen LogP contribution >= 0.6 is 0 Å². The van der Waals surface area contributed by atoms with Crippen molar-refractivity contribution in [2.75, 3.05) is 40.4 Å². The summed E-state index contributed by atoms with van der Waals surface area (Å²) in [4.78, 5) is 0. The van der Waals surface area contributed by atoms with Crippen LogP contribution in [0.4, 0.5) is 8.78 Å². The van der Waals surface area contributed by atoms with Crippen molar-refractivity contribution in [3.05, 3.63) is 70.3 Å². The molecule has 0 unspecified atom stereocenters. The minimum atomic E-state index is -0.151. The molecule has 2 aliphatic heterocycles. The number of fused-ring (bicyclic) bond motifs is 2. The molecule has 0 aliphatic carbocycles. The molecule has 2 heterocycles. The molecule has 2 N–H and O–H groups in total. The Kier molecular flexibility index (Phi) is 7.50.